The Bertz CT molecular complexity index is 679. The molecule has 1 saturated heterocycles. The van der Waals surface area contributed by atoms with Gasteiger partial charge in [-0.05, 0) is 30.7 Å². The first-order chi connectivity index (χ1) is 11.7. The van der Waals surface area contributed by atoms with Gasteiger partial charge < -0.3 is 15.2 Å². The largest absolute Gasteiger partial charge is 0.343 e. The Balaban J connectivity index is 0.00000225. The molecule has 2 heterocycles. The highest BCUT2D eigenvalue weighted by molar-refractivity contribution is 5.85. The van der Waals surface area contributed by atoms with Crippen molar-refractivity contribution in [2.45, 2.75) is 39.2 Å². The van der Waals surface area contributed by atoms with Gasteiger partial charge in [-0.3, -0.25) is 4.79 Å². The van der Waals surface area contributed by atoms with Crippen molar-refractivity contribution in [1.29, 1.82) is 0 Å². The summed E-state index contributed by atoms with van der Waals surface area (Å²) < 4.78 is 5.38. The Kier molecular flexibility index (Phi) is 6.96. The molecule has 0 aliphatic carbocycles. The maximum Gasteiger partial charge on any atom is 0.226 e. The van der Waals surface area contributed by atoms with Crippen molar-refractivity contribution in [3.8, 4) is 11.4 Å². The molecule has 1 aromatic carbocycles. The van der Waals surface area contributed by atoms with Crippen LogP contribution in [0.5, 0.6) is 0 Å². The van der Waals surface area contributed by atoms with E-state index in [4.69, 9.17) is 10.3 Å². The van der Waals surface area contributed by atoms with Crippen molar-refractivity contribution in [3.63, 3.8) is 0 Å². The van der Waals surface area contributed by atoms with Crippen molar-refractivity contribution >= 4 is 18.3 Å². The molecule has 6 nitrogen and oxygen atoms in total. The summed E-state index contributed by atoms with van der Waals surface area (Å²) in [7, 11) is 0. The van der Waals surface area contributed by atoms with Crippen LogP contribution in [0.3, 0.4) is 0 Å². The van der Waals surface area contributed by atoms with Crippen LogP contribution in [0.4, 0.5) is 0 Å². The predicted octanol–water partition coefficient (Wildman–Crippen LogP) is 2.81. The molecule has 7 heteroatoms. The van der Waals surface area contributed by atoms with Gasteiger partial charge >= 0.3 is 0 Å². The van der Waals surface area contributed by atoms with Crippen LogP contribution in [-0.4, -0.2) is 34.0 Å². The van der Waals surface area contributed by atoms with E-state index >= 15 is 0 Å². The average molecular weight is 365 g/mol. The first-order valence-electron chi connectivity index (χ1n) is 8.53. The Labute approximate surface area is 154 Å². The van der Waals surface area contributed by atoms with E-state index in [-0.39, 0.29) is 18.3 Å². The molecule has 1 fully saturated rings. The molecule has 3 rings (SSSR count). The zero-order valence-electron chi connectivity index (χ0n) is 14.5. The third-order valence-electron chi connectivity index (χ3n) is 4.74. The zero-order valence-corrected chi connectivity index (χ0v) is 15.3. The van der Waals surface area contributed by atoms with Gasteiger partial charge in [0.05, 0.1) is 0 Å². The average Bonchev–Trinajstić information content (AvgIpc) is 3.09. The lowest BCUT2D eigenvalue weighted by Crippen LogP contribution is -2.37. The van der Waals surface area contributed by atoms with Gasteiger partial charge in [0.1, 0.15) is 0 Å². The third-order valence-corrected chi connectivity index (χ3v) is 4.74. The highest BCUT2D eigenvalue weighted by Crippen LogP contribution is 2.23. The topological polar surface area (TPSA) is 85.2 Å². The van der Waals surface area contributed by atoms with E-state index in [0.717, 1.165) is 49.9 Å². The monoisotopic (exact) mass is 364 g/mol. The van der Waals surface area contributed by atoms with Crippen LogP contribution < -0.4 is 5.73 Å². The van der Waals surface area contributed by atoms with Crippen LogP contribution >= 0.6 is 12.4 Å². The van der Waals surface area contributed by atoms with Gasteiger partial charge in [0, 0.05) is 38.5 Å². The molecule has 0 atom stereocenters. The molecule has 136 valence electrons. The summed E-state index contributed by atoms with van der Waals surface area (Å²) in [5.41, 5.74) is 7.63. The molecule has 0 radical (unpaired) electrons. The molecule has 0 saturated carbocycles. The fourth-order valence-electron chi connectivity index (χ4n) is 3.13. The Hall–Kier alpha value is -1.92. The molecule has 2 aromatic rings. The number of aryl methyl sites for hydroxylation is 1. The fourth-order valence-corrected chi connectivity index (χ4v) is 3.13. The number of piperidine rings is 1. The maximum absolute atomic E-state index is 11.3. The number of carbonyl (C=O) groups excluding carboxylic acids is 1. The van der Waals surface area contributed by atoms with E-state index < -0.39 is 0 Å². The fraction of sp³-hybridized carbons (Fsp3) is 0.500. The highest BCUT2D eigenvalue weighted by Gasteiger charge is 2.21. The molecule has 0 spiro atoms. The number of amides is 1. The summed E-state index contributed by atoms with van der Waals surface area (Å²) in [4.78, 5) is 17.8. The summed E-state index contributed by atoms with van der Waals surface area (Å²) >= 11 is 0. The lowest BCUT2D eigenvalue weighted by atomic mass is 9.92. The number of hydrogen-bond donors (Lipinski definition) is 1. The number of halogens is 1. The minimum absolute atomic E-state index is 0. The maximum atomic E-state index is 11.3. The minimum atomic E-state index is 0. The summed E-state index contributed by atoms with van der Waals surface area (Å²) in [6.45, 7) is 3.89. The summed E-state index contributed by atoms with van der Waals surface area (Å²) in [5.74, 6) is 2.11. The van der Waals surface area contributed by atoms with E-state index in [1.807, 2.05) is 29.2 Å². The predicted molar refractivity (Wildman–Crippen MR) is 98.2 cm³/mol. The van der Waals surface area contributed by atoms with Gasteiger partial charge in [-0.1, -0.05) is 29.4 Å². The first-order valence-corrected chi connectivity index (χ1v) is 8.53. The number of rotatable bonds is 5. The normalized spacial score (nSPS) is 15.0. The quantitative estimate of drug-likeness (QED) is 0.881. The molecule has 1 aliphatic heterocycles. The van der Waals surface area contributed by atoms with E-state index in [2.05, 4.69) is 10.1 Å². The van der Waals surface area contributed by atoms with Crippen molar-refractivity contribution in [2.75, 3.05) is 13.1 Å². The number of aromatic nitrogens is 2. The van der Waals surface area contributed by atoms with Gasteiger partial charge in [0.25, 0.3) is 0 Å². The second-order valence-electron chi connectivity index (χ2n) is 6.40. The van der Waals surface area contributed by atoms with E-state index in [1.54, 1.807) is 6.92 Å². The minimum Gasteiger partial charge on any atom is -0.343 e. The lowest BCUT2D eigenvalue weighted by Gasteiger charge is -2.31. The Morgan fingerprint density at radius 1 is 1.28 bits per heavy atom. The molecule has 0 unspecified atom stereocenters. The molecular formula is C18H25ClN4O2. The van der Waals surface area contributed by atoms with Crippen molar-refractivity contribution < 1.29 is 9.32 Å². The number of benzene rings is 1. The summed E-state index contributed by atoms with van der Waals surface area (Å²) in [6.07, 6.45) is 3.93. The van der Waals surface area contributed by atoms with Crippen LogP contribution in [0.15, 0.2) is 28.8 Å². The number of nitrogens with zero attached hydrogens (tertiary/aromatic N) is 3. The zero-order chi connectivity index (χ0) is 16.9. The van der Waals surface area contributed by atoms with Crippen LogP contribution in [0.1, 0.15) is 37.6 Å². The molecule has 2 N–H and O–H groups in total. The number of carbonyl (C=O) groups is 1. The van der Waals surface area contributed by atoms with Gasteiger partial charge in [-0.15, -0.1) is 12.4 Å². The molecular weight excluding hydrogens is 340 g/mol. The Morgan fingerprint density at radius 3 is 2.56 bits per heavy atom. The van der Waals surface area contributed by atoms with E-state index in [1.165, 1.54) is 0 Å². The molecule has 1 amide bonds. The standard InChI is InChI=1S/C18H24N4O2.ClH/c1-13(23)22-10-8-14(9-11-22)4-7-17-20-18(21-24-17)16-5-2-15(12-19)3-6-16;/h2-3,5-6,14H,4,7-12,19H2,1H3;1H. The molecule has 1 aromatic heterocycles. The van der Waals surface area contributed by atoms with Crippen molar-refractivity contribution in [1.82, 2.24) is 15.0 Å². The molecule has 25 heavy (non-hydrogen) atoms. The van der Waals surface area contributed by atoms with Gasteiger partial charge in [0.2, 0.25) is 17.6 Å². The number of hydrogen-bond acceptors (Lipinski definition) is 5. The van der Waals surface area contributed by atoms with Gasteiger partial charge in [0.15, 0.2) is 0 Å². The molecule has 1 aliphatic rings. The third kappa shape index (κ3) is 5.03. The number of likely N-dealkylation sites (tertiary alicyclic amines) is 1. The molecule has 0 bridgehead atoms. The summed E-state index contributed by atoms with van der Waals surface area (Å²) in [6, 6.07) is 7.89. The number of nitrogens with two attached hydrogens (primary N) is 1. The van der Waals surface area contributed by atoms with Crippen LogP contribution in [0.25, 0.3) is 11.4 Å². The summed E-state index contributed by atoms with van der Waals surface area (Å²) in [5, 5.41) is 4.07. The highest BCUT2D eigenvalue weighted by atomic mass is 35.5. The van der Waals surface area contributed by atoms with E-state index in [0.29, 0.717) is 24.2 Å². The van der Waals surface area contributed by atoms with Crippen LogP contribution in [-0.2, 0) is 17.8 Å². The van der Waals surface area contributed by atoms with Crippen LogP contribution in [0, 0.1) is 5.92 Å². The Morgan fingerprint density at radius 2 is 1.96 bits per heavy atom. The second-order valence-corrected chi connectivity index (χ2v) is 6.40. The lowest BCUT2D eigenvalue weighted by molar-refractivity contribution is -0.130. The van der Waals surface area contributed by atoms with E-state index in [9.17, 15) is 4.79 Å². The smallest absolute Gasteiger partial charge is 0.226 e. The SMILES string of the molecule is CC(=O)N1CCC(CCc2nc(-c3ccc(CN)cc3)no2)CC1.Cl. The van der Waals surface area contributed by atoms with Gasteiger partial charge in [-0.2, -0.15) is 4.98 Å². The second kappa shape index (κ2) is 8.97. The van der Waals surface area contributed by atoms with Crippen molar-refractivity contribution in [3.05, 3.63) is 35.7 Å². The van der Waals surface area contributed by atoms with Gasteiger partial charge in [-0.25, -0.2) is 0 Å². The first kappa shape index (κ1) is 19.4. The van der Waals surface area contributed by atoms with Crippen molar-refractivity contribution in [2.24, 2.45) is 11.7 Å². The van der Waals surface area contributed by atoms with Crippen LogP contribution in [0.2, 0.25) is 0 Å².